The van der Waals surface area contributed by atoms with Gasteiger partial charge >= 0.3 is 6.03 Å². The van der Waals surface area contributed by atoms with Crippen molar-refractivity contribution in [2.24, 2.45) is 0 Å². The van der Waals surface area contributed by atoms with Crippen LogP contribution in [-0.2, 0) is 6.54 Å². The van der Waals surface area contributed by atoms with Crippen molar-refractivity contribution >= 4 is 17.7 Å². The van der Waals surface area contributed by atoms with Gasteiger partial charge in [0.05, 0.1) is 26.5 Å². The molecule has 0 aliphatic rings. The number of methoxy groups -OCH3 is 2. The number of carbonyl (C=O) groups is 1. The van der Waals surface area contributed by atoms with Crippen LogP contribution in [0.3, 0.4) is 0 Å². The number of rotatable bonds is 6. The lowest BCUT2D eigenvalue weighted by Gasteiger charge is -2.12. The fraction of sp³-hybridized carbons (Fsp3) is 0.312. The summed E-state index contributed by atoms with van der Waals surface area (Å²) in [6.07, 6.45) is 1.66. The number of benzene rings is 1. The summed E-state index contributed by atoms with van der Waals surface area (Å²) in [4.78, 5) is 22.3. The SMILES string of the molecule is COc1ccc(NC(=O)NCc2ccnc(N(C)C)n2)cc1OC. The molecule has 2 N–H and O–H groups in total. The lowest BCUT2D eigenvalue weighted by Crippen LogP contribution is -2.28. The number of hydrogen-bond donors (Lipinski definition) is 2. The smallest absolute Gasteiger partial charge is 0.319 e. The van der Waals surface area contributed by atoms with Gasteiger partial charge in [0.2, 0.25) is 5.95 Å². The van der Waals surface area contributed by atoms with Gasteiger partial charge in [-0.15, -0.1) is 0 Å². The van der Waals surface area contributed by atoms with Gasteiger partial charge in [-0.2, -0.15) is 0 Å². The molecule has 2 amide bonds. The topological polar surface area (TPSA) is 88.6 Å². The molecule has 2 rings (SSSR count). The summed E-state index contributed by atoms with van der Waals surface area (Å²) < 4.78 is 10.4. The van der Waals surface area contributed by atoms with Crippen LogP contribution < -0.4 is 25.0 Å². The van der Waals surface area contributed by atoms with Crippen molar-refractivity contribution in [1.29, 1.82) is 0 Å². The maximum atomic E-state index is 12.0. The van der Waals surface area contributed by atoms with E-state index in [0.717, 1.165) is 5.69 Å². The van der Waals surface area contributed by atoms with Crippen molar-refractivity contribution in [3.05, 3.63) is 36.2 Å². The lowest BCUT2D eigenvalue weighted by atomic mass is 10.3. The van der Waals surface area contributed by atoms with Gasteiger partial charge in [0.15, 0.2) is 11.5 Å². The summed E-state index contributed by atoms with van der Waals surface area (Å²) in [6.45, 7) is 0.294. The van der Waals surface area contributed by atoms with Crippen LogP contribution in [0.25, 0.3) is 0 Å². The first-order valence-electron chi connectivity index (χ1n) is 7.29. The number of ether oxygens (including phenoxy) is 2. The van der Waals surface area contributed by atoms with Gasteiger partial charge in [-0.25, -0.2) is 14.8 Å². The normalized spacial score (nSPS) is 10.0. The molecule has 0 fully saturated rings. The monoisotopic (exact) mass is 331 g/mol. The highest BCUT2D eigenvalue weighted by Gasteiger charge is 2.08. The zero-order valence-corrected chi connectivity index (χ0v) is 14.2. The molecule has 2 aromatic rings. The summed E-state index contributed by atoms with van der Waals surface area (Å²) >= 11 is 0. The number of aromatic nitrogens is 2. The van der Waals surface area contributed by atoms with Gasteiger partial charge in [-0.05, 0) is 18.2 Å². The maximum absolute atomic E-state index is 12.0. The van der Waals surface area contributed by atoms with Crippen LogP contribution in [0.5, 0.6) is 11.5 Å². The van der Waals surface area contributed by atoms with Crippen LogP contribution in [0.15, 0.2) is 30.5 Å². The van der Waals surface area contributed by atoms with Crippen molar-refractivity contribution in [2.45, 2.75) is 6.54 Å². The molecule has 1 heterocycles. The summed E-state index contributed by atoms with van der Waals surface area (Å²) in [6, 6.07) is 6.56. The Balaban J connectivity index is 1.95. The minimum atomic E-state index is -0.341. The van der Waals surface area contributed by atoms with Gasteiger partial charge in [0.1, 0.15) is 0 Å². The van der Waals surface area contributed by atoms with E-state index in [1.165, 1.54) is 0 Å². The molecule has 0 spiro atoms. The second-order valence-corrected chi connectivity index (χ2v) is 5.12. The molecule has 0 bridgehead atoms. The standard InChI is InChI=1S/C16H21N5O3/c1-21(2)15-17-8-7-12(19-15)10-18-16(22)20-11-5-6-13(23-3)14(9-11)24-4/h5-9H,10H2,1-4H3,(H2,18,20,22). The van der Waals surface area contributed by atoms with Crippen LogP contribution in [0.2, 0.25) is 0 Å². The first-order valence-corrected chi connectivity index (χ1v) is 7.29. The molecule has 0 saturated carbocycles. The average molecular weight is 331 g/mol. The van der Waals surface area contributed by atoms with Crippen molar-refractivity contribution < 1.29 is 14.3 Å². The Hall–Kier alpha value is -3.03. The van der Waals surface area contributed by atoms with E-state index in [4.69, 9.17) is 9.47 Å². The Bertz CT molecular complexity index is 706. The Morgan fingerprint density at radius 1 is 1.17 bits per heavy atom. The molecule has 1 aromatic carbocycles. The summed E-state index contributed by atoms with van der Waals surface area (Å²) in [5.74, 6) is 1.73. The van der Waals surface area contributed by atoms with Gasteiger partial charge in [0.25, 0.3) is 0 Å². The second-order valence-electron chi connectivity index (χ2n) is 5.12. The maximum Gasteiger partial charge on any atom is 0.319 e. The number of nitrogens with one attached hydrogen (secondary N) is 2. The first kappa shape index (κ1) is 17.3. The predicted octanol–water partition coefficient (Wildman–Crippen LogP) is 1.88. The molecule has 128 valence electrons. The molecular formula is C16H21N5O3. The van der Waals surface area contributed by atoms with Gasteiger partial charge in [0, 0.05) is 32.0 Å². The molecule has 0 aliphatic heterocycles. The predicted molar refractivity (Wildman–Crippen MR) is 91.8 cm³/mol. The summed E-state index contributed by atoms with van der Waals surface area (Å²) in [7, 11) is 6.81. The average Bonchev–Trinajstić information content (AvgIpc) is 2.60. The number of nitrogens with zero attached hydrogens (tertiary/aromatic N) is 3. The molecule has 8 heteroatoms. The first-order chi connectivity index (χ1) is 11.5. The second kappa shape index (κ2) is 8.00. The van der Waals surface area contributed by atoms with E-state index in [1.807, 2.05) is 14.1 Å². The molecule has 8 nitrogen and oxygen atoms in total. The van der Waals surface area contributed by atoms with Crippen molar-refractivity contribution in [2.75, 3.05) is 38.5 Å². The zero-order chi connectivity index (χ0) is 17.5. The Morgan fingerprint density at radius 2 is 1.92 bits per heavy atom. The van der Waals surface area contributed by atoms with E-state index in [2.05, 4.69) is 20.6 Å². The largest absolute Gasteiger partial charge is 0.493 e. The third-order valence-electron chi connectivity index (χ3n) is 3.17. The molecular weight excluding hydrogens is 310 g/mol. The van der Waals surface area contributed by atoms with Crippen LogP contribution in [0.1, 0.15) is 5.69 Å². The van der Waals surface area contributed by atoms with E-state index in [9.17, 15) is 4.79 Å². The van der Waals surface area contributed by atoms with E-state index in [1.54, 1.807) is 49.6 Å². The number of urea groups is 1. The van der Waals surface area contributed by atoms with Gasteiger partial charge in [-0.1, -0.05) is 0 Å². The fourth-order valence-electron chi connectivity index (χ4n) is 1.96. The van der Waals surface area contributed by atoms with Crippen LogP contribution in [-0.4, -0.2) is 44.3 Å². The summed E-state index contributed by atoms with van der Waals surface area (Å²) in [5, 5.41) is 5.48. The highest BCUT2D eigenvalue weighted by atomic mass is 16.5. The minimum Gasteiger partial charge on any atom is -0.493 e. The van der Waals surface area contributed by atoms with Crippen molar-refractivity contribution in [3.63, 3.8) is 0 Å². The minimum absolute atomic E-state index is 0.294. The lowest BCUT2D eigenvalue weighted by molar-refractivity contribution is 0.251. The molecule has 1 aromatic heterocycles. The Morgan fingerprint density at radius 3 is 2.58 bits per heavy atom. The Labute approximate surface area is 140 Å². The van der Waals surface area contributed by atoms with Crippen molar-refractivity contribution in [1.82, 2.24) is 15.3 Å². The highest BCUT2D eigenvalue weighted by molar-refractivity contribution is 5.89. The Kier molecular flexibility index (Phi) is 5.78. The molecule has 24 heavy (non-hydrogen) atoms. The molecule has 0 atom stereocenters. The van der Waals surface area contributed by atoms with Crippen LogP contribution >= 0.6 is 0 Å². The number of anilines is 2. The molecule has 0 radical (unpaired) electrons. The van der Waals surface area contributed by atoms with E-state index in [0.29, 0.717) is 29.7 Å². The molecule has 0 aliphatic carbocycles. The van der Waals surface area contributed by atoms with Crippen molar-refractivity contribution in [3.8, 4) is 11.5 Å². The van der Waals surface area contributed by atoms with Crippen LogP contribution in [0.4, 0.5) is 16.4 Å². The third kappa shape index (κ3) is 4.48. The van der Waals surface area contributed by atoms with Crippen LogP contribution in [0, 0.1) is 0 Å². The molecule has 0 unspecified atom stereocenters. The van der Waals surface area contributed by atoms with Gasteiger partial charge in [-0.3, -0.25) is 0 Å². The fourth-order valence-corrected chi connectivity index (χ4v) is 1.96. The third-order valence-corrected chi connectivity index (χ3v) is 3.17. The van der Waals surface area contributed by atoms with E-state index < -0.39 is 0 Å². The quantitative estimate of drug-likeness (QED) is 0.840. The van der Waals surface area contributed by atoms with E-state index in [-0.39, 0.29) is 6.03 Å². The number of hydrogen-bond acceptors (Lipinski definition) is 6. The van der Waals surface area contributed by atoms with Gasteiger partial charge < -0.3 is 25.0 Å². The summed E-state index contributed by atoms with van der Waals surface area (Å²) in [5.41, 5.74) is 1.32. The van der Waals surface area contributed by atoms with E-state index >= 15 is 0 Å². The zero-order valence-electron chi connectivity index (χ0n) is 14.2. The highest BCUT2D eigenvalue weighted by Crippen LogP contribution is 2.29. The number of carbonyl (C=O) groups excluding carboxylic acids is 1. The number of amides is 2. The molecule has 0 saturated heterocycles.